The average Bonchev–Trinajstić information content (AvgIpc) is 3.26. The van der Waals surface area contributed by atoms with Crippen molar-refractivity contribution in [3.05, 3.63) is 29.8 Å². The second-order valence-electron chi connectivity index (χ2n) is 16.5. The fourth-order valence-corrected chi connectivity index (χ4v) is 7.00. The zero-order chi connectivity index (χ0) is 50.8. The molecule has 1 aromatic carbocycles. The molecule has 0 bridgehead atoms. The third-order valence-electron chi connectivity index (χ3n) is 10.7. The Balaban J connectivity index is 3.39. The van der Waals surface area contributed by atoms with Gasteiger partial charge >= 0.3 is 11.9 Å². The molecule has 4 amide bonds. The molecule has 1 aromatic rings. The smallest absolute Gasteiger partial charge is 0.305 e. The van der Waals surface area contributed by atoms with Crippen molar-refractivity contribution in [2.45, 2.75) is 127 Å². The van der Waals surface area contributed by atoms with Crippen molar-refractivity contribution in [2.75, 3.05) is 25.4 Å². The van der Waals surface area contributed by atoms with Crippen molar-refractivity contribution < 1.29 is 68.7 Å². The third-order valence-corrected chi connectivity index (χ3v) is 11.2. The quantitative estimate of drug-likeness (QED) is 0.0148. The summed E-state index contributed by atoms with van der Waals surface area (Å²) in [7, 11) is 0. The number of thiol groups is 1. The molecule has 0 unspecified atom stereocenters. The van der Waals surface area contributed by atoms with E-state index in [2.05, 4.69) is 38.9 Å². The topological polar surface area (TPSA) is 419 Å². The van der Waals surface area contributed by atoms with Crippen LogP contribution in [-0.2, 0) is 49.6 Å². The predicted octanol–water partition coefficient (Wildman–Crippen LogP) is -2.23. The average molecular weight is 968 g/mol. The summed E-state index contributed by atoms with van der Waals surface area (Å²) in [5.74, 6) is -12.8. The van der Waals surface area contributed by atoms with Gasteiger partial charge in [0.2, 0.25) is 23.6 Å². The predicted molar refractivity (Wildman–Crippen MR) is 247 cm³/mol. The van der Waals surface area contributed by atoms with Crippen LogP contribution in [0.1, 0.15) is 90.0 Å². The Bertz CT molecular complexity index is 1850. The minimum absolute atomic E-state index is 0.0687. The lowest BCUT2D eigenvalue weighted by atomic mass is 9.90. The monoisotopic (exact) mass is 967 g/mol. The SMILES string of the molecule is C[C@H](CCCN=C(N)N)NC(=O)[C@H](CO)CC(=O)[C@H](CCCCN)NC(=O)[C@H](CS)CC(=O)[C@H](Cc1ccc(O)cc1)NC(=O)[C@H](CCC(=O)O)CC(=O)[C@H](CC(=O)O)NC(=O)[C@@H](N)[C@@H](C)O. The van der Waals surface area contributed by atoms with Gasteiger partial charge in [-0.3, -0.25) is 48.1 Å². The number of hydrogen-bond donors (Lipinski definition) is 14. The van der Waals surface area contributed by atoms with Gasteiger partial charge in [0.25, 0.3) is 0 Å². The minimum atomic E-state index is -1.74. The van der Waals surface area contributed by atoms with Gasteiger partial charge in [0.1, 0.15) is 11.8 Å². The van der Waals surface area contributed by atoms with E-state index in [0.29, 0.717) is 37.8 Å². The molecule has 0 aliphatic heterocycles. The van der Waals surface area contributed by atoms with Crippen molar-refractivity contribution in [2.24, 2.45) is 45.7 Å². The molecule has 0 fully saturated rings. The van der Waals surface area contributed by atoms with Crippen LogP contribution in [0, 0.1) is 17.8 Å². The van der Waals surface area contributed by atoms with Gasteiger partial charge in [0.15, 0.2) is 23.3 Å². The number of phenolic OH excluding ortho intramolecular Hbond substituents is 1. The second kappa shape index (κ2) is 31.3. The lowest BCUT2D eigenvalue weighted by Gasteiger charge is -2.26. The highest BCUT2D eigenvalue weighted by atomic mass is 32.1. The van der Waals surface area contributed by atoms with Crippen molar-refractivity contribution in [1.29, 1.82) is 0 Å². The summed E-state index contributed by atoms with van der Waals surface area (Å²) in [6, 6.07) is -0.665. The Hall–Kier alpha value is -5.69. The van der Waals surface area contributed by atoms with Gasteiger partial charge in [-0.05, 0) is 83.0 Å². The molecule has 0 aromatic heterocycles. The molecular formula is C43H69N9O14S. The standard InChI is InChI=1S/C43H69N9O14S/c1-23(6-5-15-48-43(46)47)49-40(64)27(21-53)18-33(56)30(7-3-4-14-44)50-41(65)28(22-67)19-35(58)31(16-25-8-11-29(55)12-9-25)51-39(63)26(10-13-36(59)60)17-34(57)32(20-37(61)62)52-42(66)38(45)24(2)54/h8-9,11-12,23-24,26-28,30-32,38,53-55,67H,3-7,10,13-22,44-45H2,1-2H3,(H,49,64)(H,50,65)(H,51,63)(H,52,66)(H,59,60)(H,61,62)(H4,46,47,48)/t23-,24-,26-,27+,28+,30+,31+,32+,38+/m1/s1. The first-order valence-corrected chi connectivity index (χ1v) is 22.6. The summed E-state index contributed by atoms with van der Waals surface area (Å²) in [6.07, 6.45) is -3.40. The fourth-order valence-electron chi connectivity index (χ4n) is 6.70. The number of hydrogen-bond acceptors (Lipinski definition) is 16. The molecule has 23 nitrogen and oxygen atoms in total. The first kappa shape index (κ1) is 59.3. The van der Waals surface area contributed by atoms with E-state index >= 15 is 0 Å². The maximum absolute atomic E-state index is 14.1. The Morgan fingerprint density at radius 3 is 1.76 bits per heavy atom. The van der Waals surface area contributed by atoms with Crippen LogP contribution in [0.2, 0.25) is 0 Å². The summed E-state index contributed by atoms with van der Waals surface area (Å²) in [5, 5.41) is 58.7. The highest BCUT2D eigenvalue weighted by molar-refractivity contribution is 7.80. The van der Waals surface area contributed by atoms with Crippen LogP contribution in [0.3, 0.4) is 0 Å². The van der Waals surface area contributed by atoms with Crippen LogP contribution in [-0.4, -0.2) is 146 Å². The van der Waals surface area contributed by atoms with E-state index in [4.69, 9.17) is 22.9 Å². The van der Waals surface area contributed by atoms with E-state index in [-0.39, 0.29) is 42.9 Å². The lowest BCUT2D eigenvalue weighted by Crippen LogP contribution is -2.53. The molecule has 376 valence electrons. The number of nitrogens with two attached hydrogens (primary N) is 4. The van der Waals surface area contributed by atoms with Gasteiger partial charge in [-0.25, -0.2) is 0 Å². The molecule has 1 rings (SSSR count). The van der Waals surface area contributed by atoms with Crippen LogP contribution in [0.15, 0.2) is 29.3 Å². The summed E-state index contributed by atoms with van der Waals surface area (Å²) in [6.45, 7) is 2.87. The maximum atomic E-state index is 14.1. The normalized spacial score (nSPS) is 15.1. The van der Waals surface area contributed by atoms with Gasteiger partial charge in [0, 0.05) is 49.9 Å². The first-order chi connectivity index (χ1) is 31.5. The van der Waals surface area contributed by atoms with Crippen molar-refractivity contribution in [1.82, 2.24) is 21.3 Å². The number of nitrogens with zero attached hydrogens (tertiary/aromatic N) is 1. The number of Topliss-reactive ketones (excluding diaryl/α,β-unsaturated/α-hetero) is 3. The number of unbranched alkanes of at least 4 members (excludes halogenated alkanes) is 1. The highest BCUT2D eigenvalue weighted by Crippen LogP contribution is 2.20. The minimum Gasteiger partial charge on any atom is -0.508 e. The van der Waals surface area contributed by atoms with E-state index in [1.165, 1.54) is 31.2 Å². The number of aromatic hydroxyl groups is 1. The molecular weight excluding hydrogens is 899 g/mol. The number of rotatable bonds is 35. The zero-order valence-corrected chi connectivity index (χ0v) is 38.8. The molecule has 0 heterocycles. The van der Waals surface area contributed by atoms with E-state index in [1.54, 1.807) is 6.92 Å². The summed E-state index contributed by atoms with van der Waals surface area (Å²) < 4.78 is 0. The van der Waals surface area contributed by atoms with Crippen LogP contribution < -0.4 is 44.2 Å². The number of aliphatic carboxylic acids is 2. The van der Waals surface area contributed by atoms with Gasteiger partial charge in [-0.2, -0.15) is 12.6 Å². The maximum Gasteiger partial charge on any atom is 0.305 e. The number of amides is 4. The molecule has 0 saturated heterocycles. The second-order valence-corrected chi connectivity index (χ2v) is 16.8. The number of carboxylic acids is 2. The van der Waals surface area contributed by atoms with Crippen molar-refractivity contribution in [3.63, 3.8) is 0 Å². The van der Waals surface area contributed by atoms with Crippen LogP contribution in [0.25, 0.3) is 0 Å². The number of aliphatic imine (C=N–C) groups is 1. The van der Waals surface area contributed by atoms with Crippen LogP contribution >= 0.6 is 12.6 Å². The Kier molecular flexibility index (Phi) is 27.7. The van der Waals surface area contributed by atoms with Gasteiger partial charge in [-0.15, -0.1) is 0 Å². The number of carbonyl (C=O) groups is 9. The zero-order valence-electron chi connectivity index (χ0n) is 37.9. The van der Waals surface area contributed by atoms with E-state index in [9.17, 15) is 68.7 Å². The number of aliphatic hydroxyl groups excluding tert-OH is 2. The van der Waals surface area contributed by atoms with E-state index in [0.717, 1.165) is 0 Å². The van der Waals surface area contributed by atoms with Crippen LogP contribution in [0.4, 0.5) is 0 Å². The number of phenols is 1. The molecule has 0 spiro atoms. The van der Waals surface area contributed by atoms with Crippen molar-refractivity contribution >= 4 is 71.5 Å². The molecule has 0 aliphatic rings. The summed E-state index contributed by atoms with van der Waals surface area (Å²) in [4.78, 5) is 122. The van der Waals surface area contributed by atoms with Gasteiger partial charge in [-0.1, -0.05) is 12.1 Å². The molecule has 67 heavy (non-hydrogen) atoms. The van der Waals surface area contributed by atoms with Crippen LogP contribution in [0.5, 0.6) is 5.75 Å². The number of nitrogens with one attached hydrogen (secondary N) is 4. The molecule has 0 aliphatic carbocycles. The van der Waals surface area contributed by atoms with Gasteiger partial charge < -0.3 is 69.7 Å². The molecule has 0 saturated carbocycles. The van der Waals surface area contributed by atoms with E-state index in [1.807, 2.05) is 0 Å². The molecule has 9 atom stereocenters. The van der Waals surface area contributed by atoms with Crippen molar-refractivity contribution in [3.8, 4) is 5.75 Å². The summed E-state index contributed by atoms with van der Waals surface area (Å²) >= 11 is 4.29. The number of carboxylic acid groups (broad SMARTS) is 2. The highest BCUT2D eigenvalue weighted by Gasteiger charge is 2.35. The lowest BCUT2D eigenvalue weighted by molar-refractivity contribution is -0.141. The number of carbonyl (C=O) groups excluding carboxylic acids is 7. The first-order valence-electron chi connectivity index (χ1n) is 21.9. The Morgan fingerprint density at radius 2 is 1.21 bits per heavy atom. The summed E-state index contributed by atoms with van der Waals surface area (Å²) in [5.41, 5.74) is 22.4. The fraction of sp³-hybridized carbons (Fsp3) is 0.628. The third kappa shape index (κ3) is 23.6. The largest absolute Gasteiger partial charge is 0.508 e. The number of ketones is 3. The Morgan fingerprint density at radius 1 is 0.672 bits per heavy atom. The Labute approximate surface area is 394 Å². The number of benzene rings is 1. The van der Waals surface area contributed by atoms with E-state index < -0.39 is 146 Å². The molecule has 0 radical (unpaired) electrons. The number of aliphatic hydroxyl groups is 2. The molecule has 24 heteroatoms. The number of guanidine groups is 1. The molecule has 17 N–H and O–H groups in total. The van der Waals surface area contributed by atoms with Gasteiger partial charge in [0.05, 0.1) is 49.1 Å².